The average molecular weight is 323 g/mol. The Kier molecular flexibility index (Phi) is 3.66. The molecule has 2 nitrogen and oxygen atoms in total. The summed E-state index contributed by atoms with van der Waals surface area (Å²) in [5, 5.41) is 4.08. The zero-order valence-electron chi connectivity index (χ0n) is 11.2. The van der Waals surface area contributed by atoms with Crippen molar-refractivity contribution < 1.29 is 13.2 Å². The van der Waals surface area contributed by atoms with Gasteiger partial charge in [0.25, 0.3) is 0 Å². The topological polar surface area (TPSA) is 24.9 Å². The van der Waals surface area contributed by atoms with Crippen molar-refractivity contribution in [2.45, 2.75) is 6.18 Å². The Morgan fingerprint density at radius 3 is 2.36 bits per heavy atom. The van der Waals surface area contributed by atoms with E-state index >= 15 is 0 Å². The van der Waals surface area contributed by atoms with Gasteiger partial charge in [-0.05, 0) is 36.4 Å². The second-order valence-corrected chi connectivity index (χ2v) is 5.13. The molecule has 3 aromatic rings. The Bertz CT molecular complexity index is 814. The van der Waals surface area contributed by atoms with Gasteiger partial charge in [-0.1, -0.05) is 23.7 Å². The van der Waals surface area contributed by atoms with Crippen molar-refractivity contribution in [1.82, 2.24) is 4.98 Å². The Morgan fingerprint density at radius 2 is 1.68 bits per heavy atom. The minimum Gasteiger partial charge on any atom is -0.355 e. The molecule has 1 aromatic heterocycles. The number of nitrogens with one attached hydrogen (secondary N) is 1. The molecule has 0 aliphatic carbocycles. The third-order valence-electron chi connectivity index (χ3n) is 3.20. The van der Waals surface area contributed by atoms with E-state index in [-0.39, 0.29) is 5.52 Å². The van der Waals surface area contributed by atoms with Gasteiger partial charge in [-0.25, -0.2) is 0 Å². The number of fused-ring (bicyclic) bond motifs is 1. The van der Waals surface area contributed by atoms with Crippen LogP contribution < -0.4 is 5.32 Å². The Balaban J connectivity index is 2.09. The highest BCUT2D eigenvalue weighted by molar-refractivity contribution is 6.30. The fourth-order valence-corrected chi connectivity index (χ4v) is 2.33. The first kappa shape index (κ1) is 14.7. The standard InChI is InChI=1S/C16H10ClF3N2/c17-10-4-6-11(7-5-10)22-14-8-9-21-15-12(14)2-1-3-13(15)16(18,19)20/h1-9H,(H,21,22). The summed E-state index contributed by atoms with van der Waals surface area (Å²) in [6.45, 7) is 0. The highest BCUT2D eigenvalue weighted by atomic mass is 35.5. The molecule has 1 heterocycles. The average Bonchev–Trinajstić information content (AvgIpc) is 2.48. The molecule has 2 aromatic carbocycles. The summed E-state index contributed by atoms with van der Waals surface area (Å²) in [5.41, 5.74) is 0.464. The number of alkyl halides is 3. The molecule has 0 aliphatic rings. The zero-order valence-corrected chi connectivity index (χ0v) is 11.9. The largest absolute Gasteiger partial charge is 0.418 e. The number of para-hydroxylation sites is 1. The maximum Gasteiger partial charge on any atom is 0.418 e. The number of hydrogen-bond donors (Lipinski definition) is 1. The van der Waals surface area contributed by atoms with Crippen LogP contribution in [0.5, 0.6) is 0 Å². The van der Waals surface area contributed by atoms with Gasteiger partial charge in [-0.15, -0.1) is 0 Å². The van der Waals surface area contributed by atoms with E-state index in [1.54, 1.807) is 36.4 Å². The van der Waals surface area contributed by atoms with Crippen LogP contribution in [-0.4, -0.2) is 4.98 Å². The van der Waals surface area contributed by atoms with Gasteiger partial charge >= 0.3 is 6.18 Å². The second-order valence-electron chi connectivity index (χ2n) is 4.69. The molecule has 0 aliphatic heterocycles. The summed E-state index contributed by atoms with van der Waals surface area (Å²) in [6, 6.07) is 12.6. The van der Waals surface area contributed by atoms with Crippen LogP contribution in [0.3, 0.4) is 0 Å². The molecule has 3 rings (SSSR count). The van der Waals surface area contributed by atoms with E-state index in [2.05, 4.69) is 10.3 Å². The molecule has 0 amide bonds. The van der Waals surface area contributed by atoms with Crippen molar-refractivity contribution in [3.05, 3.63) is 65.3 Å². The number of halogens is 4. The molecule has 0 radical (unpaired) electrons. The van der Waals surface area contributed by atoms with Gasteiger partial charge < -0.3 is 5.32 Å². The number of hydrogen-bond acceptors (Lipinski definition) is 2. The lowest BCUT2D eigenvalue weighted by atomic mass is 10.1. The quantitative estimate of drug-likeness (QED) is 0.659. The first-order valence-electron chi connectivity index (χ1n) is 6.43. The molecule has 0 spiro atoms. The molecule has 0 fully saturated rings. The second kappa shape index (κ2) is 5.50. The summed E-state index contributed by atoms with van der Waals surface area (Å²) in [4.78, 5) is 3.88. The molecule has 1 N–H and O–H groups in total. The predicted molar refractivity (Wildman–Crippen MR) is 81.5 cm³/mol. The highest BCUT2D eigenvalue weighted by Gasteiger charge is 2.33. The first-order valence-corrected chi connectivity index (χ1v) is 6.80. The van der Waals surface area contributed by atoms with Crippen molar-refractivity contribution >= 4 is 33.9 Å². The van der Waals surface area contributed by atoms with Gasteiger partial charge in [0.15, 0.2) is 0 Å². The van der Waals surface area contributed by atoms with Gasteiger partial charge in [0.05, 0.1) is 11.1 Å². The molecule has 0 unspecified atom stereocenters. The van der Waals surface area contributed by atoms with Crippen molar-refractivity contribution in [1.29, 1.82) is 0 Å². The predicted octanol–water partition coefficient (Wildman–Crippen LogP) is 5.65. The van der Waals surface area contributed by atoms with Gasteiger partial charge in [-0.2, -0.15) is 13.2 Å². The van der Waals surface area contributed by atoms with E-state index in [9.17, 15) is 13.2 Å². The SMILES string of the molecule is FC(F)(F)c1cccc2c(Nc3ccc(Cl)cc3)ccnc12. The summed E-state index contributed by atoms with van der Waals surface area (Å²) in [6.07, 6.45) is -3.08. The normalized spacial score (nSPS) is 11.6. The number of aromatic nitrogens is 1. The van der Waals surface area contributed by atoms with Crippen LogP contribution in [-0.2, 0) is 6.18 Å². The molecule has 6 heteroatoms. The van der Waals surface area contributed by atoms with E-state index in [4.69, 9.17) is 11.6 Å². The Morgan fingerprint density at radius 1 is 0.955 bits per heavy atom. The van der Waals surface area contributed by atoms with Crippen LogP contribution in [0.4, 0.5) is 24.5 Å². The zero-order chi connectivity index (χ0) is 15.7. The minimum absolute atomic E-state index is 0.0750. The van der Waals surface area contributed by atoms with Crippen LogP contribution in [0, 0.1) is 0 Å². The number of anilines is 2. The van der Waals surface area contributed by atoms with Crippen LogP contribution >= 0.6 is 11.6 Å². The fraction of sp³-hybridized carbons (Fsp3) is 0.0625. The number of rotatable bonds is 2. The molecule has 0 atom stereocenters. The number of benzene rings is 2. The molecule has 22 heavy (non-hydrogen) atoms. The van der Waals surface area contributed by atoms with Crippen LogP contribution in [0.15, 0.2) is 54.7 Å². The molecule has 112 valence electrons. The van der Waals surface area contributed by atoms with Crippen molar-refractivity contribution in [2.24, 2.45) is 0 Å². The van der Waals surface area contributed by atoms with E-state index in [1.807, 2.05) is 0 Å². The van der Waals surface area contributed by atoms with Gasteiger partial charge in [0.2, 0.25) is 0 Å². The lowest BCUT2D eigenvalue weighted by Crippen LogP contribution is -2.06. The summed E-state index contributed by atoms with van der Waals surface area (Å²) in [7, 11) is 0. The molecular formula is C16H10ClF3N2. The lowest BCUT2D eigenvalue weighted by Gasteiger charge is -2.13. The maximum atomic E-state index is 13.0. The Labute approximate surface area is 129 Å². The van der Waals surface area contributed by atoms with Crippen molar-refractivity contribution in [3.63, 3.8) is 0 Å². The van der Waals surface area contributed by atoms with E-state index < -0.39 is 11.7 Å². The van der Waals surface area contributed by atoms with Gasteiger partial charge in [-0.3, -0.25) is 4.98 Å². The van der Waals surface area contributed by atoms with E-state index in [0.717, 1.165) is 11.8 Å². The third kappa shape index (κ3) is 2.85. The number of pyridine rings is 1. The fourth-order valence-electron chi connectivity index (χ4n) is 2.20. The summed E-state index contributed by atoms with van der Waals surface area (Å²) < 4.78 is 39.1. The van der Waals surface area contributed by atoms with Crippen molar-refractivity contribution in [3.8, 4) is 0 Å². The summed E-state index contributed by atoms with van der Waals surface area (Å²) >= 11 is 5.82. The van der Waals surface area contributed by atoms with E-state index in [1.165, 1.54) is 12.3 Å². The van der Waals surface area contributed by atoms with Crippen LogP contribution in [0.25, 0.3) is 10.9 Å². The Hall–Kier alpha value is -2.27. The monoisotopic (exact) mass is 322 g/mol. The molecule has 0 bridgehead atoms. The van der Waals surface area contributed by atoms with Crippen molar-refractivity contribution in [2.75, 3.05) is 5.32 Å². The molecule has 0 saturated carbocycles. The van der Waals surface area contributed by atoms with Gasteiger partial charge in [0, 0.05) is 28.0 Å². The van der Waals surface area contributed by atoms with Crippen LogP contribution in [0.1, 0.15) is 5.56 Å². The van der Waals surface area contributed by atoms with Gasteiger partial charge in [0.1, 0.15) is 0 Å². The van der Waals surface area contributed by atoms with Crippen LogP contribution in [0.2, 0.25) is 5.02 Å². The third-order valence-corrected chi connectivity index (χ3v) is 3.45. The minimum atomic E-state index is -4.44. The highest BCUT2D eigenvalue weighted by Crippen LogP contribution is 2.36. The smallest absolute Gasteiger partial charge is 0.355 e. The number of nitrogens with zero attached hydrogens (tertiary/aromatic N) is 1. The summed E-state index contributed by atoms with van der Waals surface area (Å²) in [5.74, 6) is 0. The molecular weight excluding hydrogens is 313 g/mol. The lowest BCUT2D eigenvalue weighted by molar-refractivity contribution is -0.136. The molecule has 0 saturated heterocycles. The first-order chi connectivity index (χ1) is 10.4. The maximum absolute atomic E-state index is 13.0. The van der Waals surface area contributed by atoms with E-state index in [0.29, 0.717) is 16.1 Å².